The summed E-state index contributed by atoms with van der Waals surface area (Å²) in [5, 5.41) is 26.9. The molecule has 1 fully saturated rings. The fourth-order valence-electron chi connectivity index (χ4n) is 1.29. The average molecular weight is 203 g/mol. The number of nitriles is 1. The van der Waals surface area contributed by atoms with Gasteiger partial charge >= 0.3 is 7.12 Å². The monoisotopic (exact) mass is 203 g/mol. The quantitative estimate of drug-likeness (QED) is 0.666. The van der Waals surface area contributed by atoms with E-state index in [-0.39, 0.29) is 11.6 Å². The van der Waals surface area contributed by atoms with Gasteiger partial charge in [-0.2, -0.15) is 5.26 Å². The van der Waals surface area contributed by atoms with Crippen molar-refractivity contribution in [2.75, 3.05) is 0 Å². The number of rotatable bonds is 3. The fourth-order valence-corrected chi connectivity index (χ4v) is 1.29. The minimum Gasteiger partial charge on any atom is -0.491 e. The molecule has 76 valence electrons. The zero-order chi connectivity index (χ0) is 10.8. The molecule has 1 aromatic rings. The summed E-state index contributed by atoms with van der Waals surface area (Å²) in [5.41, 5.74) is 0.641. The van der Waals surface area contributed by atoms with Crippen LogP contribution in [0.25, 0.3) is 0 Å². The lowest BCUT2D eigenvalue weighted by atomic mass is 9.79. The third kappa shape index (κ3) is 2.29. The largest absolute Gasteiger partial charge is 0.492 e. The SMILES string of the molecule is N#Cc1ccc(OC2CC2)c(B(O)O)c1. The second kappa shape index (κ2) is 3.93. The van der Waals surface area contributed by atoms with Crippen LogP contribution in [-0.4, -0.2) is 23.3 Å². The molecule has 0 aromatic heterocycles. The van der Waals surface area contributed by atoms with Crippen molar-refractivity contribution < 1.29 is 14.8 Å². The van der Waals surface area contributed by atoms with Gasteiger partial charge in [-0.1, -0.05) is 0 Å². The highest BCUT2D eigenvalue weighted by molar-refractivity contribution is 6.59. The lowest BCUT2D eigenvalue weighted by molar-refractivity contribution is 0.304. The maximum Gasteiger partial charge on any atom is 0.492 e. The van der Waals surface area contributed by atoms with Crippen LogP contribution in [0.4, 0.5) is 0 Å². The molecule has 0 amide bonds. The van der Waals surface area contributed by atoms with Crippen LogP contribution in [0.2, 0.25) is 0 Å². The Balaban J connectivity index is 2.30. The van der Waals surface area contributed by atoms with Gasteiger partial charge in [0.25, 0.3) is 0 Å². The molecule has 5 heteroatoms. The van der Waals surface area contributed by atoms with Gasteiger partial charge in [-0.3, -0.25) is 0 Å². The topological polar surface area (TPSA) is 73.5 Å². The molecule has 1 aromatic carbocycles. The van der Waals surface area contributed by atoms with Gasteiger partial charge in [-0.05, 0) is 31.0 Å². The molecule has 15 heavy (non-hydrogen) atoms. The van der Waals surface area contributed by atoms with Crippen LogP contribution in [0.15, 0.2) is 18.2 Å². The number of nitrogens with zero attached hydrogens (tertiary/aromatic N) is 1. The first-order valence-electron chi connectivity index (χ1n) is 4.77. The van der Waals surface area contributed by atoms with Gasteiger partial charge in [-0.25, -0.2) is 0 Å². The maximum atomic E-state index is 9.12. The van der Waals surface area contributed by atoms with Crippen molar-refractivity contribution >= 4 is 12.6 Å². The molecule has 0 heterocycles. The molecule has 2 rings (SSSR count). The summed E-state index contributed by atoms with van der Waals surface area (Å²) in [7, 11) is -1.60. The molecule has 2 N–H and O–H groups in total. The van der Waals surface area contributed by atoms with Gasteiger partial charge in [-0.15, -0.1) is 0 Å². The molecule has 0 aliphatic heterocycles. The molecule has 1 saturated carbocycles. The van der Waals surface area contributed by atoms with Gasteiger partial charge in [0.2, 0.25) is 0 Å². The van der Waals surface area contributed by atoms with E-state index >= 15 is 0 Å². The third-order valence-corrected chi connectivity index (χ3v) is 2.24. The second-order valence-corrected chi connectivity index (χ2v) is 3.56. The Labute approximate surface area is 87.9 Å². The van der Waals surface area contributed by atoms with Crippen molar-refractivity contribution in [1.82, 2.24) is 0 Å². The van der Waals surface area contributed by atoms with Crippen molar-refractivity contribution in [1.29, 1.82) is 5.26 Å². The fraction of sp³-hybridized carbons (Fsp3) is 0.300. The number of hydrogen-bond donors (Lipinski definition) is 2. The van der Waals surface area contributed by atoms with Crippen LogP contribution >= 0.6 is 0 Å². The lowest BCUT2D eigenvalue weighted by Crippen LogP contribution is -2.32. The first-order valence-corrected chi connectivity index (χ1v) is 4.77. The molecule has 0 bridgehead atoms. The van der Waals surface area contributed by atoms with E-state index in [1.54, 1.807) is 12.1 Å². The molecule has 0 saturated heterocycles. The van der Waals surface area contributed by atoms with Crippen LogP contribution < -0.4 is 10.2 Å². The van der Waals surface area contributed by atoms with E-state index in [2.05, 4.69) is 0 Å². The molecule has 0 radical (unpaired) electrons. The number of benzene rings is 1. The van der Waals surface area contributed by atoms with Crippen LogP contribution in [0.1, 0.15) is 18.4 Å². The number of ether oxygens (including phenoxy) is 1. The van der Waals surface area contributed by atoms with Crippen molar-refractivity contribution in [2.24, 2.45) is 0 Å². The molecule has 1 aliphatic carbocycles. The first-order chi connectivity index (χ1) is 7.20. The predicted molar refractivity (Wildman–Crippen MR) is 54.6 cm³/mol. The minimum absolute atomic E-state index is 0.190. The highest BCUT2D eigenvalue weighted by Gasteiger charge is 2.26. The molecule has 0 unspecified atom stereocenters. The molecule has 0 spiro atoms. The maximum absolute atomic E-state index is 9.12. The first kappa shape index (κ1) is 10.0. The van der Waals surface area contributed by atoms with E-state index in [1.165, 1.54) is 6.07 Å². The molecular weight excluding hydrogens is 193 g/mol. The van der Waals surface area contributed by atoms with Crippen LogP contribution in [0.3, 0.4) is 0 Å². The summed E-state index contributed by atoms with van der Waals surface area (Å²) < 4.78 is 5.49. The van der Waals surface area contributed by atoms with Crippen LogP contribution in [0, 0.1) is 11.3 Å². The van der Waals surface area contributed by atoms with E-state index in [0.717, 1.165) is 12.8 Å². The summed E-state index contributed by atoms with van der Waals surface area (Å²) in [6.07, 6.45) is 2.19. The van der Waals surface area contributed by atoms with Gasteiger partial charge in [0.1, 0.15) is 5.75 Å². The van der Waals surface area contributed by atoms with Gasteiger partial charge in [0.05, 0.1) is 17.7 Å². The van der Waals surface area contributed by atoms with Crippen LogP contribution in [-0.2, 0) is 0 Å². The zero-order valence-electron chi connectivity index (χ0n) is 8.05. The minimum atomic E-state index is -1.60. The summed E-state index contributed by atoms with van der Waals surface area (Å²) in [6.45, 7) is 0. The standard InChI is InChI=1S/C10H10BNO3/c12-6-7-1-4-10(15-8-2-3-8)9(5-7)11(13)14/h1,4-5,8,13-14H,2-3H2. The summed E-state index contributed by atoms with van der Waals surface area (Å²) in [5.74, 6) is 0.450. The van der Waals surface area contributed by atoms with E-state index in [1.807, 2.05) is 6.07 Å². The normalized spacial score (nSPS) is 14.5. The Hall–Kier alpha value is -1.51. The third-order valence-electron chi connectivity index (χ3n) is 2.24. The van der Waals surface area contributed by atoms with Crippen molar-refractivity contribution in [2.45, 2.75) is 18.9 Å². The summed E-state index contributed by atoms with van der Waals surface area (Å²) in [6, 6.07) is 6.58. The van der Waals surface area contributed by atoms with Crippen molar-refractivity contribution in [3.8, 4) is 11.8 Å². The molecule has 4 nitrogen and oxygen atoms in total. The second-order valence-electron chi connectivity index (χ2n) is 3.56. The summed E-state index contributed by atoms with van der Waals surface area (Å²) >= 11 is 0. The Kier molecular flexibility index (Phi) is 2.63. The Morgan fingerprint density at radius 1 is 1.40 bits per heavy atom. The highest BCUT2D eigenvalue weighted by Crippen LogP contribution is 2.26. The zero-order valence-corrected chi connectivity index (χ0v) is 8.05. The number of hydrogen-bond acceptors (Lipinski definition) is 4. The van der Waals surface area contributed by atoms with E-state index < -0.39 is 7.12 Å². The van der Waals surface area contributed by atoms with Crippen molar-refractivity contribution in [3.05, 3.63) is 23.8 Å². The lowest BCUT2D eigenvalue weighted by Gasteiger charge is -2.10. The molecule has 1 aliphatic rings. The molecule has 0 atom stereocenters. The highest BCUT2D eigenvalue weighted by atomic mass is 16.5. The van der Waals surface area contributed by atoms with Crippen molar-refractivity contribution in [3.63, 3.8) is 0 Å². The van der Waals surface area contributed by atoms with E-state index in [0.29, 0.717) is 11.3 Å². The Morgan fingerprint density at radius 3 is 2.67 bits per heavy atom. The Bertz CT molecular complexity index is 410. The van der Waals surface area contributed by atoms with E-state index in [9.17, 15) is 0 Å². The molecular formula is C10H10BNO3. The average Bonchev–Trinajstić information content (AvgIpc) is 3.02. The van der Waals surface area contributed by atoms with Gasteiger partial charge in [0, 0.05) is 5.46 Å². The predicted octanol–water partition coefficient (Wildman–Crippen LogP) is -0.221. The van der Waals surface area contributed by atoms with E-state index in [4.69, 9.17) is 20.0 Å². The Morgan fingerprint density at radius 2 is 2.13 bits per heavy atom. The smallest absolute Gasteiger partial charge is 0.491 e. The van der Waals surface area contributed by atoms with Gasteiger partial charge in [0.15, 0.2) is 0 Å². The van der Waals surface area contributed by atoms with Crippen LogP contribution in [0.5, 0.6) is 5.75 Å². The van der Waals surface area contributed by atoms with Gasteiger partial charge < -0.3 is 14.8 Å². The summed E-state index contributed by atoms with van der Waals surface area (Å²) in [4.78, 5) is 0.